The number of aromatic nitrogens is 1. The Bertz CT molecular complexity index is 490. The van der Waals surface area contributed by atoms with Crippen molar-refractivity contribution in [1.29, 1.82) is 0 Å². The van der Waals surface area contributed by atoms with E-state index >= 15 is 0 Å². The van der Waals surface area contributed by atoms with Crippen LogP contribution in [0.15, 0.2) is 22.7 Å². The monoisotopic (exact) mass is 253 g/mol. The van der Waals surface area contributed by atoms with Crippen molar-refractivity contribution in [1.82, 2.24) is 4.98 Å². The summed E-state index contributed by atoms with van der Waals surface area (Å²) in [5.41, 5.74) is 1.45. The first-order chi connectivity index (χ1) is 6.76. The minimum absolute atomic E-state index is 0.508. The third-order valence-electron chi connectivity index (χ3n) is 2.09. The molecule has 3 nitrogen and oxygen atoms in total. The van der Waals surface area contributed by atoms with Crippen LogP contribution in [0.2, 0.25) is 0 Å². The molecule has 72 valence electrons. The summed E-state index contributed by atoms with van der Waals surface area (Å²) in [5.74, 6) is 0.508. The molecule has 1 N–H and O–H groups in total. The molecule has 1 heterocycles. The molecule has 4 heteroatoms. The first kappa shape index (κ1) is 9.27. The second kappa shape index (κ2) is 3.46. The largest absolute Gasteiger partial charge is 0.482 e. The zero-order chi connectivity index (χ0) is 10.1. The number of halogens is 1. The summed E-state index contributed by atoms with van der Waals surface area (Å²) in [5, 5.41) is 0.867. The van der Waals surface area contributed by atoms with Crippen molar-refractivity contribution in [2.75, 3.05) is 7.11 Å². The highest BCUT2D eigenvalue weighted by molar-refractivity contribution is 9.10. The first-order valence-electron chi connectivity index (χ1n) is 4.06. The van der Waals surface area contributed by atoms with Gasteiger partial charge in [0.15, 0.2) is 6.29 Å². The van der Waals surface area contributed by atoms with Crippen molar-refractivity contribution >= 4 is 33.1 Å². The molecule has 0 fully saturated rings. The van der Waals surface area contributed by atoms with Gasteiger partial charge in [-0.2, -0.15) is 0 Å². The molecule has 1 aromatic carbocycles. The normalized spacial score (nSPS) is 10.4. The number of hydrogen-bond donors (Lipinski definition) is 1. The lowest BCUT2D eigenvalue weighted by Gasteiger charge is -1.93. The van der Waals surface area contributed by atoms with E-state index in [9.17, 15) is 4.79 Å². The van der Waals surface area contributed by atoms with Crippen LogP contribution >= 0.6 is 15.9 Å². The Balaban J connectivity index is 2.81. The second-order valence-electron chi connectivity index (χ2n) is 2.88. The van der Waals surface area contributed by atoms with E-state index in [1.54, 1.807) is 0 Å². The highest BCUT2D eigenvalue weighted by atomic mass is 79.9. The number of rotatable bonds is 2. The Morgan fingerprint density at radius 2 is 2.29 bits per heavy atom. The number of carbonyl (C=O) groups excluding carboxylic acids is 1. The van der Waals surface area contributed by atoms with E-state index in [1.165, 1.54) is 7.11 Å². The van der Waals surface area contributed by atoms with E-state index in [-0.39, 0.29) is 0 Å². The molecule has 0 saturated heterocycles. The first-order valence-corrected chi connectivity index (χ1v) is 4.86. The fourth-order valence-electron chi connectivity index (χ4n) is 1.44. The van der Waals surface area contributed by atoms with E-state index in [0.29, 0.717) is 11.4 Å². The van der Waals surface area contributed by atoms with Gasteiger partial charge in [0.1, 0.15) is 0 Å². The summed E-state index contributed by atoms with van der Waals surface area (Å²) in [6.45, 7) is 0. The van der Waals surface area contributed by atoms with Crippen molar-refractivity contribution < 1.29 is 9.53 Å². The number of ether oxygens (including phenoxy) is 1. The van der Waals surface area contributed by atoms with Crippen LogP contribution in [0, 0.1) is 0 Å². The van der Waals surface area contributed by atoms with Crippen LogP contribution in [0.1, 0.15) is 10.4 Å². The number of aldehydes is 1. The molecule has 2 aromatic rings. The van der Waals surface area contributed by atoms with E-state index in [1.807, 2.05) is 18.2 Å². The molecule has 0 amide bonds. The van der Waals surface area contributed by atoms with Crippen LogP contribution in [0.4, 0.5) is 0 Å². The van der Waals surface area contributed by atoms with Gasteiger partial charge in [0.05, 0.1) is 12.7 Å². The number of hydrogen-bond acceptors (Lipinski definition) is 2. The molecular weight excluding hydrogens is 246 g/mol. The number of aromatic amines is 1. The van der Waals surface area contributed by atoms with Crippen molar-refractivity contribution in [2.24, 2.45) is 0 Å². The van der Waals surface area contributed by atoms with E-state index in [0.717, 1.165) is 21.7 Å². The molecule has 0 radical (unpaired) electrons. The number of fused-ring (bicyclic) bond motifs is 1. The van der Waals surface area contributed by atoms with Crippen LogP contribution in [0.5, 0.6) is 5.88 Å². The van der Waals surface area contributed by atoms with Crippen LogP contribution in [0.3, 0.4) is 0 Å². The van der Waals surface area contributed by atoms with Gasteiger partial charge in [0.2, 0.25) is 5.88 Å². The molecule has 0 spiro atoms. The Kier molecular flexibility index (Phi) is 2.29. The average Bonchev–Trinajstić information content (AvgIpc) is 2.54. The molecule has 14 heavy (non-hydrogen) atoms. The number of carbonyl (C=O) groups is 1. The van der Waals surface area contributed by atoms with Crippen LogP contribution in [-0.2, 0) is 0 Å². The quantitative estimate of drug-likeness (QED) is 0.837. The van der Waals surface area contributed by atoms with Gasteiger partial charge in [-0.1, -0.05) is 15.9 Å². The second-order valence-corrected chi connectivity index (χ2v) is 3.80. The number of methoxy groups -OCH3 is 1. The van der Waals surface area contributed by atoms with Gasteiger partial charge in [0, 0.05) is 15.4 Å². The van der Waals surface area contributed by atoms with Gasteiger partial charge < -0.3 is 9.72 Å². The van der Waals surface area contributed by atoms with Crippen molar-refractivity contribution in [3.8, 4) is 5.88 Å². The predicted molar refractivity (Wildman–Crippen MR) is 57.9 cm³/mol. The smallest absolute Gasteiger partial charge is 0.202 e. The minimum Gasteiger partial charge on any atom is -0.482 e. The Hall–Kier alpha value is -1.29. The standard InChI is InChI=1S/C10H8BrNO2/c1-14-10-8(5-13)7-4-6(11)2-3-9(7)12-10/h2-5,12H,1H3. The molecule has 1 aromatic heterocycles. The average molecular weight is 254 g/mol. The minimum atomic E-state index is 0.508. The fraction of sp³-hybridized carbons (Fsp3) is 0.100. The molecular formula is C10H8BrNO2. The van der Waals surface area contributed by atoms with Gasteiger partial charge in [0.25, 0.3) is 0 Å². The lowest BCUT2D eigenvalue weighted by molar-refractivity contribution is 0.112. The van der Waals surface area contributed by atoms with Gasteiger partial charge in [-0.15, -0.1) is 0 Å². The summed E-state index contributed by atoms with van der Waals surface area (Å²) >= 11 is 3.36. The molecule has 0 aliphatic carbocycles. The Labute approximate surface area is 89.2 Å². The fourth-order valence-corrected chi connectivity index (χ4v) is 1.80. The van der Waals surface area contributed by atoms with Gasteiger partial charge in [-0.25, -0.2) is 0 Å². The molecule has 0 aliphatic heterocycles. The topological polar surface area (TPSA) is 42.1 Å². The number of H-pyrrole nitrogens is 1. The third-order valence-corrected chi connectivity index (χ3v) is 2.58. The molecule has 0 atom stereocenters. The van der Waals surface area contributed by atoms with Gasteiger partial charge >= 0.3 is 0 Å². The Morgan fingerprint density at radius 1 is 1.50 bits per heavy atom. The van der Waals surface area contributed by atoms with Gasteiger partial charge in [-0.3, -0.25) is 4.79 Å². The summed E-state index contributed by atoms with van der Waals surface area (Å²) in [7, 11) is 1.53. The molecule has 0 aliphatic rings. The van der Waals surface area contributed by atoms with Crippen LogP contribution in [0.25, 0.3) is 10.9 Å². The van der Waals surface area contributed by atoms with E-state index in [2.05, 4.69) is 20.9 Å². The van der Waals surface area contributed by atoms with Crippen LogP contribution < -0.4 is 4.74 Å². The summed E-state index contributed by atoms with van der Waals surface area (Å²) in [4.78, 5) is 13.9. The van der Waals surface area contributed by atoms with Gasteiger partial charge in [-0.05, 0) is 18.2 Å². The maximum Gasteiger partial charge on any atom is 0.202 e. The maximum atomic E-state index is 10.9. The summed E-state index contributed by atoms with van der Waals surface area (Å²) in [6.07, 6.45) is 0.796. The lowest BCUT2D eigenvalue weighted by Crippen LogP contribution is -1.86. The van der Waals surface area contributed by atoms with Crippen molar-refractivity contribution in [3.05, 3.63) is 28.2 Å². The highest BCUT2D eigenvalue weighted by Crippen LogP contribution is 2.28. The highest BCUT2D eigenvalue weighted by Gasteiger charge is 2.10. The SMILES string of the molecule is COc1[nH]c2ccc(Br)cc2c1C=O. The van der Waals surface area contributed by atoms with E-state index < -0.39 is 0 Å². The summed E-state index contributed by atoms with van der Waals surface area (Å²) in [6, 6.07) is 5.69. The third kappa shape index (κ3) is 1.32. The number of benzene rings is 1. The lowest BCUT2D eigenvalue weighted by atomic mass is 10.2. The zero-order valence-electron chi connectivity index (χ0n) is 7.50. The van der Waals surface area contributed by atoms with E-state index in [4.69, 9.17) is 4.74 Å². The molecule has 0 saturated carbocycles. The molecule has 0 bridgehead atoms. The zero-order valence-corrected chi connectivity index (χ0v) is 9.09. The number of nitrogens with one attached hydrogen (secondary N) is 1. The van der Waals surface area contributed by atoms with Crippen molar-refractivity contribution in [2.45, 2.75) is 0 Å². The van der Waals surface area contributed by atoms with Crippen LogP contribution in [-0.4, -0.2) is 18.4 Å². The Morgan fingerprint density at radius 3 is 2.93 bits per heavy atom. The predicted octanol–water partition coefficient (Wildman–Crippen LogP) is 2.75. The molecule has 2 rings (SSSR count). The summed E-state index contributed by atoms with van der Waals surface area (Å²) < 4.78 is 6.00. The molecule has 0 unspecified atom stereocenters. The maximum absolute atomic E-state index is 10.9. The van der Waals surface area contributed by atoms with Crippen molar-refractivity contribution in [3.63, 3.8) is 0 Å².